The smallest absolute Gasteiger partial charge is 0.324 e. The fourth-order valence-electron chi connectivity index (χ4n) is 1.33. The molecule has 0 fully saturated rings. The third-order valence-corrected chi connectivity index (χ3v) is 2.52. The number of nitrogens with zero attached hydrogens (tertiary/aromatic N) is 1. The molecule has 1 aromatic rings. The fourth-order valence-corrected chi connectivity index (χ4v) is 1.56. The summed E-state index contributed by atoms with van der Waals surface area (Å²) >= 11 is 4.78. The number of aromatic amines is 1. The van der Waals surface area contributed by atoms with Gasteiger partial charge in [-0.25, -0.2) is 8.78 Å². The Bertz CT molecular complexity index is 408. The van der Waals surface area contributed by atoms with Gasteiger partial charge in [0.2, 0.25) is 0 Å². The fraction of sp³-hybridized carbons (Fsp3) is 0.667. The predicted molar refractivity (Wildman–Crippen MR) is 54.7 cm³/mol. The molecule has 1 heterocycles. The summed E-state index contributed by atoms with van der Waals surface area (Å²) in [7, 11) is 0. The Morgan fingerprint density at radius 2 is 2.00 bits per heavy atom. The van der Waals surface area contributed by atoms with Crippen LogP contribution in [0.25, 0.3) is 0 Å². The van der Waals surface area contributed by atoms with Gasteiger partial charge in [-0.1, -0.05) is 13.8 Å². The van der Waals surface area contributed by atoms with E-state index < -0.39 is 18.9 Å². The van der Waals surface area contributed by atoms with E-state index >= 15 is 0 Å². The standard InChI is InChI=1S/C9H12F4N2S/c1-5(2)6-3-14-8(16)15(6)4-9(12,13)7(10)11/h3,5,7H,4H2,1-2H3,(H,14,16). The third-order valence-electron chi connectivity index (χ3n) is 2.18. The Morgan fingerprint density at radius 3 is 2.44 bits per heavy atom. The molecule has 1 N–H and O–H groups in total. The minimum Gasteiger partial charge on any atom is -0.337 e. The first-order chi connectivity index (χ1) is 7.25. The van der Waals surface area contributed by atoms with Crippen LogP contribution in [0.1, 0.15) is 25.5 Å². The summed E-state index contributed by atoms with van der Waals surface area (Å²) in [5.74, 6) is -4.13. The van der Waals surface area contributed by atoms with Gasteiger partial charge in [0.05, 0.1) is 6.54 Å². The molecule has 0 aliphatic heterocycles. The highest BCUT2D eigenvalue weighted by molar-refractivity contribution is 7.71. The monoisotopic (exact) mass is 256 g/mol. The number of hydrogen-bond acceptors (Lipinski definition) is 1. The summed E-state index contributed by atoms with van der Waals surface area (Å²) in [4.78, 5) is 2.58. The first-order valence-corrected chi connectivity index (χ1v) is 5.10. The molecule has 2 nitrogen and oxygen atoms in total. The lowest BCUT2D eigenvalue weighted by Gasteiger charge is -2.18. The van der Waals surface area contributed by atoms with Gasteiger partial charge in [-0.15, -0.1) is 0 Å². The van der Waals surface area contributed by atoms with Crippen molar-refractivity contribution in [3.8, 4) is 0 Å². The van der Waals surface area contributed by atoms with Crippen LogP contribution in [0.3, 0.4) is 0 Å². The summed E-state index contributed by atoms with van der Waals surface area (Å²) < 4.78 is 51.0. The van der Waals surface area contributed by atoms with E-state index in [2.05, 4.69) is 4.98 Å². The third kappa shape index (κ3) is 2.63. The van der Waals surface area contributed by atoms with Crippen LogP contribution in [0, 0.1) is 4.77 Å². The maximum Gasteiger partial charge on any atom is 0.324 e. The largest absolute Gasteiger partial charge is 0.337 e. The van der Waals surface area contributed by atoms with Crippen LogP contribution in [-0.2, 0) is 6.54 Å². The topological polar surface area (TPSA) is 20.7 Å². The molecule has 0 atom stereocenters. The van der Waals surface area contributed by atoms with Gasteiger partial charge in [0.25, 0.3) is 0 Å². The van der Waals surface area contributed by atoms with E-state index in [0.717, 1.165) is 4.57 Å². The van der Waals surface area contributed by atoms with Crippen LogP contribution in [0.5, 0.6) is 0 Å². The Labute approximate surface area is 95.3 Å². The van der Waals surface area contributed by atoms with E-state index in [4.69, 9.17) is 12.2 Å². The van der Waals surface area contributed by atoms with Gasteiger partial charge in [0.1, 0.15) is 0 Å². The summed E-state index contributed by atoms with van der Waals surface area (Å²) in [5, 5.41) is 0. The van der Waals surface area contributed by atoms with E-state index in [0.29, 0.717) is 5.69 Å². The molecule has 0 saturated carbocycles. The Morgan fingerprint density at radius 1 is 1.44 bits per heavy atom. The molecule has 0 aromatic carbocycles. The predicted octanol–water partition coefficient (Wildman–Crippen LogP) is 3.57. The van der Waals surface area contributed by atoms with Crippen LogP contribution < -0.4 is 0 Å². The first-order valence-electron chi connectivity index (χ1n) is 4.69. The highest BCUT2D eigenvalue weighted by Crippen LogP contribution is 2.27. The van der Waals surface area contributed by atoms with Crippen molar-refractivity contribution in [3.05, 3.63) is 16.7 Å². The lowest BCUT2D eigenvalue weighted by molar-refractivity contribution is -0.138. The van der Waals surface area contributed by atoms with E-state index in [1.807, 2.05) is 0 Å². The molecular formula is C9H12F4N2S. The molecule has 0 spiro atoms. The molecule has 16 heavy (non-hydrogen) atoms. The molecule has 0 aliphatic carbocycles. The van der Waals surface area contributed by atoms with Crippen LogP contribution in [0.15, 0.2) is 6.20 Å². The van der Waals surface area contributed by atoms with Crippen LogP contribution in [0.4, 0.5) is 17.6 Å². The van der Waals surface area contributed by atoms with Crippen molar-refractivity contribution in [1.29, 1.82) is 0 Å². The molecule has 0 bridgehead atoms. The van der Waals surface area contributed by atoms with Gasteiger partial charge in [0, 0.05) is 11.9 Å². The maximum atomic E-state index is 12.9. The van der Waals surface area contributed by atoms with E-state index in [1.165, 1.54) is 6.20 Å². The lowest BCUT2D eigenvalue weighted by Crippen LogP contribution is -2.32. The SMILES string of the molecule is CC(C)c1c[nH]c(=S)n1CC(F)(F)C(F)F. The van der Waals surface area contributed by atoms with Crippen LogP contribution in [-0.4, -0.2) is 21.9 Å². The molecule has 1 aromatic heterocycles. The van der Waals surface area contributed by atoms with Gasteiger partial charge in [-0.3, -0.25) is 0 Å². The second-order valence-electron chi connectivity index (χ2n) is 3.82. The van der Waals surface area contributed by atoms with Gasteiger partial charge >= 0.3 is 12.3 Å². The molecule has 1 rings (SSSR count). The Kier molecular flexibility index (Phi) is 3.77. The second-order valence-corrected chi connectivity index (χ2v) is 4.21. The van der Waals surface area contributed by atoms with Gasteiger partial charge in [-0.2, -0.15) is 8.78 Å². The first kappa shape index (κ1) is 13.2. The van der Waals surface area contributed by atoms with Gasteiger partial charge < -0.3 is 9.55 Å². The Hall–Kier alpha value is -0.850. The number of imidazole rings is 1. The van der Waals surface area contributed by atoms with Crippen molar-refractivity contribution in [1.82, 2.24) is 9.55 Å². The summed E-state index contributed by atoms with van der Waals surface area (Å²) in [6, 6.07) is 0. The molecule has 7 heteroatoms. The highest BCUT2D eigenvalue weighted by atomic mass is 32.1. The van der Waals surface area contributed by atoms with E-state index in [-0.39, 0.29) is 10.7 Å². The minimum absolute atomic E-state index is 0.0315. The van der Waals surface area contributed by atoms with E-state index in [9.17, 15) is 17.6 Å². The quantitative estimate of drug-likeness (QED) is 0.645. The van der Waals surface area contributed by atoms with Crippen LogP contribution in [0.2, 0.25) is 0 Å². The summed E-state index contributed by atoms with van der Waals surface area (Å²) in [5.41, 5.74) is 0.491. The number of rotatable bonds is 4. The van der Waals surface area contributed by atoms with Crippen molar-refractivity contribution in [2.45, 2.75) is 38.7 Å². The Balaban J connectivity index is 3.05. The van der Waals surface area contributed by atoms with Crippen molar-refractivity contribution >= 4 is 12.2 Å². The number of hydrogen-bond donors (Lipinski definition) is 1. The van der Waals surface area contributed by atoms with Crippen molar-refractivity contribution in [3.63, 3.8) is 0 Å². The van der Waals surface area contributed by atoms with Crippen molar-refractivity contribution < 1.29 is 17.6 Å². The average molecular weight is 256 g/mol. The number of aromatic nitrogens is 2. The normalized spacial score (nSPS) is 12.8. The molecule has 0 aliphatic rings. The summed E-state index contributed by atoms with van der Waals surface area (Å²) in [6.07, 6.45) is -2.22. The number of halogens is 4. The average Bonchev–Trinajstić information content (AvgIpc) is 2.47. The molecule has 0 radical (unpaired) electrons. The number of nitrogens with one attached hydrogen (secondary N) is 1. The maximum absolute atomic E-state index is 12.9. The molecule has 0 amide bonds. The lowest BCUT2D eigenvalue weighted by atomic mass is 10.1. The molecular weight excluding hydrogens is 244 g/mol. The zero-order chi connectivity index (χ0) is 12.5. The molecule has 0 unspecified atom stereocenters. The van der Waals surface area contributed by atoms with Crippen LogP contribution >= 0.6 is 12.2 Å². The van der Waals surface area contributed by atoms with E-state index in [1.54, 1.807) is 13.8 Å². The number of H-pyrrole nitrogens is 1. The van der Waals surface area contributed by atoms with Crippen molar-refractivity contribution in [2.24, 2.45) is 0 Å². The molecule has 92 valence electrons. The zero-order valence-electron chi connectivity index (χ0n) is 8.81. The van der Waals surface area contributed by atoms with Gasteiger partial charge in [-0.05, 0) is 18.1 Å². The second kappa shape index (κ2) is 4.57. The van der Waals surface area contributed by atoms with Gasteiger partial charge in [0.15, 0.2) is 4.77 Å². The number of alkyl halides is 4. The molecule has 0 saturated heterocycles. The van der Waals surface area contributed by atoms with Crippen molar-refractivity contribution in [2.75, 3.05) is 0 Å². The zero-order valence-corrected chi connectivity index (χ0v) is 9.62. The summed E-state index contributed by atoms with van der Waals surface area (Å²) in [6.45, 7) is 2.45. The minimum atomic E-state index is -4.07. The highest BCUT2D eigenvalue weighted by Gasteiger charge is 2.41.